The molecule has 2 rings (SSSR count). The van der Waals surface area contributed by atoms with Crippen molar-refractivity contribution < 1.29 is 19.7 Å². The number of carboxylic acids is 1. The van der Waals surface area contributed by atoms with Crippen LogP contribution in [0.1, 0.15) is 25.5 Å². The van der Waals surface area contributed by atoms with Crippen molar-refractivity contribution in [2.45, 2.75) is 26.1 Å². The number of hydrogen-bond donors (Lipinski definition) is 2. The van der Waals surface area contributed by atoms with Crippen LogP contribution < -0.4 is 4.74 Å². The Morgan fingerprint density at radius 3 is 2.47 bits per heavy atom. The fourth-order valence-electron chi connectivity index (χ4n) is 1.95. The zero-order valence-electron chi connectivity index (χ0n) is 10.8. The van der Waals surface area contributed by atoms with Crippen molar-refractivity contribution >= 4 is 16.7 Å². The molecule has 0 saturated carbocycles. The Kier molecular flexibility index (Phi) is 3.71. The Morgan fingerprint density at radius 1 is 1.16 bits per heavy atom. The standard InChI is InChI=1S/C15H16O4/c1-9(16)12-8-7-11-5-3-4-6-13(11)14(12)19-10(2)15(17)18/h3-10,16H,1-2H3,(H,17,18)/t9-,10?/m0/s1. The van der Waals surface area contributed by atoms with Crippen LogP contribution in [0.5, 0.6) is 5.75 Å². The van der Waals surface area contributed by atoms with Crippen LogP contribution in [-0.4, -0.2) is 22.3 Å². The van der Waals surface area contributed by atoms with Gasteiger partial charge in [0.15, 0.2) is 6.10 Å². The largest absolute Gasteiger partial charge is 0.479 e. The molecule has 2 aromatic rings. The van der Waals surface area contributed by atoms with Gasteiger partial charge in [-0.1, -0.05) is 36.4 Å². The number of fused-ring (bicyclic) bond motifs is 1. The quantitative estimate of drug-likeness (QED) is 0.887. The van der Waals surface area contributed by atoms with Gasteiger partial charge in [0.05, 0.1) is 6.10 Å². The van der Waals surface area contributed by atoms with Crippen LogP contribution in [0.3, 0.4) is 0 Å². The Labute approximate surface area is 111 Å². The second kappa shape index (κ2) is 5.28. The highest BCUT2D eigenvalue weighted by Crippen LogP contribution is 2.34. The van der Waals surface area contributed by atoms with Gasteiger partial charge in [0.25, 0.3) is 0 Å². The summed E-state index contributed by atoms with van der Waals surface area (Å²) in [5, 5.41) is 20.5. The second-order valence-electron chi connectivity index (χ2n) is 4.48. The third-order valence-electron chi connectivity index (χ3n) is 3.00. The first kappa shape index (κ1) is 13.4. The second-order valence-corrected chi connectivity index (χ2v) is 4.48. The van der Waals surface area contributed by atoms with Crippen LogP contribution >= 0.6 is 0 Å². The lowest BCUT2D eigenvalue weighted by Gasteiger charge is -2.18. The number of aliphatic hydroxyl groups excluding tert-OH is 1. The molecule has 0 aliphatic heterocycles. The number of carbonyl (C=O) groups is 1. The Bertz CT molecular complexity index is 604. The lowest BCUT2D eigenvalue weighted by atomic mass is 10.0. The first-order valence-corrected chi connectivity index (χ1v) is 6.10. The van der Waals surface area contributed by atoms with Crippen molar-refractivity contribution in [2.24, 2.45) is 0 Å². The molecular weight excluding hydrogens is 244 g/mol. The van der Waals surface area contributed by atoms with Crippen molar-refractivity contribution in [3.8, 4) is 5.75 Å². The van der Waals surface area contributed by atoms with Gasteiger partial charge in [-0.25, -0.2) is 4.79 Å². The third kappa shape index (κ3) is 2.69. The molecule has 0 bridgehead atoms. The lowest BCUT2D eigenvalue weighted by molar-refractivity contribution is -0.144. The molecule has 0 aromatic heterocycles. The molecule has 0 heterocycles. The minimum atomic E-state index is -1.04. The molecule has 1 unspecified atom stereocenters. The summed E-state index contributed by atoms with van der Waals surface area (Å²) in [4.78, 5) is 10.9. The molecule has 0 radical (unpaired) electrons. The summed E-state index contributed by atoms with van der Waals surface area (Å²) in [6, 6.07) is 11.2. The van der Waals surface area contributed by atoms with Crippen LogP contribution in [-0.2, 0) is 4.79 Å². The zero-order chi connectivity index (χ0) is 14.0. The minimum absolute atomic E-state index is 0.433. The van der Waals surface area contributed by atoms with Gasteiger partial charge in [-0.05, 0) is 19.2 Å². The van der Waals surface area contributed by atoms with Crippen molar-refractivity contribution in [3.05, 3.63) is 42.0 Å². The minimum Gasteiger partial charge on any atom is -0.479 e. The first-order chi connectivity index (χ1) is 9.00. The van der Waals surface area contributed by atoms with Crippen LogP contribution in [0.4, 0.5) is 0 Å². The van der Waals surface area contributed by atoms with Crippen LogP contribution in [0.25, 0.3) is 10.8 Å². The molecule has 0 amide bonds. The van der Waals surface area contributed by atoms with Gasteiger partial charge in [-0.15, -0.1) is 0 Å². The molecule has 0 fully saturated rings. The molecule has 100 valence electrons. The molecule has 0 aliphatic rings. The van der Waals surface area contributed by atoms with E-state index in [4.69, 9.17) is 9.84 Å². The van der Waals surface area contributed by atoms with Gasteiger partial charge in [0.2, 0.25) is 0 Å². The van der Waals surface area contributed by atoms with E-state index in [1.807, 2.05) is 30.3 Å². The van der Waals surface area contributed by atoms with Gasteiger partial charge in [0, 0.05) is 10.9 Å². The molecule has 2 aromatic carbocycles. The highest BCUT2D eigenvalue weighted by Gasteiger charge is 2.19. The number of hydrogen-bond acceptors (Lipinski definition) is 3. The van der Waals surface area contributed by atoms with Gasteiger partial charge >= 0.3 is 5.97 Å². The summed E-state index contributed by atoms with van der Waals surface area (Å²) in [6.07, 6.45) is -1.69. The molecule has 0 aliphatic carbocycles. The topological polar surface area (TPSA) is 66.8 Å². The maximum atomic E-state index is 10.9. The number of aliphatic carboxylic acids is 1. The van der Waals surface area contributed by atoms with Crippen LogP contribution in [0.2, 0.25) is 0 Å². The van der Waals surface area contributed by atoms with E-state index in [9.17, 15) is 9.90 Å². The number of ether oxygens (including phenoxy) is 1. The van der Waals surface area contributed by atoms with Gasteiger partial charge in [0.1, 0.15) is 5.75 Å². The monoisotopic (exact) mass is 260 g/mol. The van der Waals surface area contributed by atoms with E-state index in [-0.39, 0.29) is 0 Å². The summed E-state index contributed by atoms with van der Waals surface area (Å²) >= 11 is 0. The summed E-state index contributed by atoms with van der Waals surface area (Å²) in [6.45, 7) is 3.10. The number of carboxylic acid groups (broad SMARTS) is 1. The Balaban J connectivity index is 2.59. The average molecular weight is 260 g/mol. The molecule has 2 N–H and O–H groups in total. The average Bonchev–Trinajstić information content (AvgIpc) is 2.38. The van der Waals surface area contributed by atoms with E-state index in [1.165, 1.54) is 6.92 Å². The van der Waals surface area contributed by atoms with E-state index < -0.39 is 18.2 Å². The van der Waals surface area contributed by atoms with E-state index in [0.717, 1.165) is 10.8 Å². The van der Waals surface area contributed by atoms with Crippen molar-refractivity contribution in [3.63, 3.8) is 0 Å². The maximum Gasteiger partial charge on any atom is 0.344 e. The summed E-state index contributed by atoms with van der Waals surface area (Å²) in [7, 11) is 0. The first-order valence-electron chi connectivity index (χ1n) is 6.10. The fourth-order valence-corrected chi connectivity index (χ4v) is 1.95. The zero-order valence-corrected chi connectivity index (χ0v) is 10.8. The summed E-state index contributed by atoms with van der Waals surface area (Å²) in [5.74, 6) is -0.604. The summed E-state index contributed by atoms with van der Waals surface area (Å²) < 4.78 is 5.52. The molecular formula is C15H16O4. The predicted octanol–water partition coefficient (Wildman–Crippen LogP) is 2.75. The smallest absolute Gasteiger partial charge is 0.344 e. The molecule has 4 heteroatoms. The van der Waals surface area contributed by atoms with E-state index >= 15 is 0 Å². The van der Waals surface area contributed by atoms with Gasteiger partial charge in [-0.2, -0.15) is 0 Å². The molecule has 2 atom stereocenters. The molecule has 0 spiro atoms. The SMILES string of the molecule is CC(Oc1c([C@H](C)O)ccc2ccccc12)C(=O)O. The molecule has 4 nitrogen and oxygen atoms in total. The lowest BCUT2D eigenvalue weighted by Crippen LogP contribution is -2.23. The normalized spacial score (nSPS) is 14.1. The van der Waals surface area contributed by atoms with E-state index in [0.29, 0.717) is 11.3 Å². The summed E-state index contributed by atoms with van der Waals surface area (Å²) in [5.41, 5.74) is 0.590. The Hall–Kier alpha value is -2.07. The highest BCUT2D eigenvalue weighted by atomic mass is 16.5. The Morgan fingerprint density at radius 2 is 1.84 bits per heavy atom. The van der Waals surface area contributed by atoms with Crippen molar-refractivity contribution in [1.82, 2.24) is 0 Å². The number of rotatable bonds is 4. The van der Waals surface area contributed by atoms with Crippen molar-refractivity contribution in [2.75, 3.05) is 0 Å². The maximum absolute atomic E-state index is 10.9. The molecule has 0 saturated heterocycles. The van der Waals surface area contributed by atoms with Gasteiger partial charge in [-0.3, -0.25) is 0 Å². The fraction of sp³-hybridized carbons (Fsp3) is 0.267. The number of aliphatic hydroxyl groups is 1. The van der Waals surface area contributed by atoms with E-state index in [2.05, 4.69) is 0 Å². The predicted molar refractivity (Wildman–Crippen MR) is 72.3 cm³/mol. The van der Waals surface area contributed by atoms with Gasteiger partial charge < -0.3 is 14.9 Å². The van der Waals surface area contributed by atoms with Crippen LogP contribution in [0, 0.1) is 0 Å². The highest BCUT2D eigenvalue weighted by molar-refractivity contribution is 5.90. The van der Waals surface area contributed by atoms with Crippen LogP contribution in [0.15, 0.2) is 36.4 Å². The van der Waals surface area contributed by atoms with Crippen molar-refractivity contribution in [1.29, 1.82) is 0 Å². The van der Waals surface area contributed by atoms with E-state index in [1.54, 1.807) is 13.0 Å². The molecule has 19 heavy (non-hydrogen) atoms. The third-order valence-corrected chi connectivity index (χ3v) is 3.00. The number of benzene rings is 2.